The number of allylic oxidation sites excluding steroid dienone is 1. The number of hydrogen-bond acceptors (Lipinski definition) is 2. The van der Waals surface area contributed by atoms with Crippen LogP contribution in [-0.4, -0.2) is 11.6 Å². The molecular formula is C21H20O2. The zero-order valence-electron chi connectivity index (χ0n) is 14.2. The molecule has 0 bridgehead atoms. The average Bonchev–Trinajstić information content (AvgIpc) is 2.80. The minimum atomic E-state index is -0.166. The van der Waals surface area contributed by atoms with E-state index in [-0.39, 0.29) is 17.1 Å². The van der Waals surface area contributed by atoms with Crippen molar-refractivity contribution in [2.24, 2.45) is 0 Å². The van der Waals surface area contributed by atoms with Gasteiger partial charge in [-0.2, -0.15) is 0 Å². The number of carbonyl (C=O) groups excluding carboxylic acids is 2. The summed E-state index contributed by atoms with van der Waals surface area (Å²) in [4.78, 5) is 25.2. The molecule has 0 saturated carbocycles. The summed E-state index contributed by atoms with van der Waals surface area (Å²) >= 11 is 0. The van der Waals surface area contributed by atoms with Gasteiger partial charge >= 0.3 is 0 Å². The molecule has 0 heterocycles. The fraction of sp³-hybridized carbons (Fsp3) is 0.238. The van der Waals surface area contributed by atoms with Crippen LogP contribution in [0, 0.1) is 34.6 Å². The van der Waals surface area contributed by atoms with E-state index in [2.05, 4.69) is 34.6 Å². The van der Waals surface area contributed by atoms with E-state index >= 15 is 0 Å². The number of rotatable bonds is 1. The number of carbonyl (C=O) groups is 2. The van der Waals surface area contributed by atoms with Crippen molar-refractivity contribution in [1.29, 1.82) is 0 Å². The van der Waals surface area contributed by atoms with Gasteiger partial charge in [-0.05, 0) is 74.1 Å². The van der Waals surface area contributed by atoms with Crippen LogP contribution in [0.1, 0.15) is 54.1 Å². The Labute approximate surface area is 136 Å². The highest BCUT2D eigenvalue weighted by atomic mass is 16.2. The minimum Gasteiger partial charge on any atom is -0.288 e. The molecule has 0 spiro atoms. The van der Waals surface area contributed by atoms with Crippen molar-refractivity contribution >= 4 is 17.6 Å². The molecule has 3 rings (SSSR count). The van der Waals surface area contributed by atoms with Crippen LogP contribution in [0.3, 0.4) is 0 Å². The van der Waals surface area contributed by atoms with Gasteiger partial charge in [-0.3, -0.25) is 9.59 Å². The van der Waals surface area contributed by atoms with Gasteiger partial charge < -0.3 is 0 Å². The lowest BCUT2D eigenvalue weighted by atomic mass is 9.88. The molecule has 0 N–H and O–H groups in total. The quantitative estimate of drug-likeness (QED) is 0.565. The number of hydrogen-bond donors (Lipinski definition) is 0. The second kappa shape index (κ2) is 5.31. The van der Waals surface area contributed by atoms with Gasteiger partial charge in [0, 0.05) is 11.1 Å². The molecular weight excluding hydrogens is 284 g/mol. The predicted octanol–water partition coefficient (Wildman–Crippen LogP) is 4.69. The summed E-state index contributed by atoms with van der Waals surface area (Å²) in [6.45, 7) is 10.4. The molecule has 2 aromatic carbocycles. The van der Waals surface area contributed by atoms with Crippen LogP contribution < -0.4 is 0 Å². The maximum atomic E-state index is 12.6. The Morgan fingerprint density at radius 3 is 1.48 bits per heavy atom. The normalized spacial score (nSPS) is 13.5. The largest absolute Gasteiger partial charge is 0.288 e. The molecule has 0 aromatic heterocycles. The van der Waals surface area contributed by atoms with Crippen LogP contribution in [0.15, 0.2) is 29.8 Å². The van der Waals surface area contributed by atoms with E-state index in [0.717, 1.165) is 16.7 Å². The van der Waals surface area contributed by atoms with Crippen LogP contribution in [0.2, 0.25) is 0 Å². The van der Waals surface area contributed by atoms with Crippen molar-refractivity contribution in [3.05, 3.63) is 74.3 Å². The maximum Gasteiger partial charge on any atom is 0.197 e. The Hall–Kier alpha value is -2.48. The van der Waals surface area contributed by atoms with Crippen LogP contribution in [0.4, 0.5) is 0 Å². The molecule has 0 saturated heterocycles. The molecule has 0 aliphatic heterocycles. The van der Waals surface area contributed by atoms with Gasteiger partial charge in [-0.15, -0.1) is 0 Å². The van der Waals surface area contributed by atoms with Gasteiger partial charge in [-0.25, -0.2) is 0 Å². The number of Topliss-reactive ketones (excluding diaryl/α,β-unsaturated/α-hetero) is 2. The van der Waals surface area contributed by atoms with E-state index < -0.39 is 0 Å². The van der Waals surface area contributed by atoms with Gasteiger partial charge in [0.25, 0.3) is 0 Å². The van der Waals surface area contributed by atoms with Gasteiger partial charge in [-0.1, -0.05) is 24.3 Å². The molecule has 0 fully saturated rings. The number of ketones is 2. The lowest BCUT2D eigenvalue weighted by Crippen LogP contribution is -2.04. The maximum absolute atomic E-state index is 12.6. The zero-order chi connectivity index (χ0) is 16.9. The van der Waals surface area contributed by atoms with Gasteiger partial charge in [0.15, 0.2) is 11.6 Å². The predicted molar refractivity (Wildman–Crippen MR) is 93.2 cm³/mol. The van der Waals surface area contributed by atoms with Gasteiger partial charge in [0.2, 0.25) is 0 Å². The third-order valence-corrected chi connectivity index (χ3v) is 5.25. The minimum absolute atomic E-state index is 0.166. The van der Waals surface area contributed by atoms with Crippen LogP contribution in [0.25, 0.3) is 6.08 Å². The molecule has 2 aromatic rings. The first kappa shape index (κ1) is 15.4. The van der Waals surface area contributed by atoms with Crippen LogP contribution in [-0.2, 0) is 0 Å². The Balaban J connectivity index is 2.23. The lowest BCUT2D eigenvalue weighted by Gasteiger charge is -2.16. The first-order chi connectivity index (χ1) is 10.8. The first-order valence-corrected chi connectivity index (χ1v) is 7.81. The van der Waals surface area contributed by atoms with E-state index in [1.165, 1.54) is 16.7 Å². The van der Waals surface area contributed by atoms with Crippen LogP contribution >= 0.6 is 0 Å². The first-order valence-electron chi connectivity index (χ1n) is 7.81. The van der Waals surface area contributed by atoms with Crippen molar-refractivity contribution in [2.45, 2.75) is 34.6 Å². The van der Waals surface area contributed by atoms with Crippen molar-refractivity contribution in [3.63, 3.8) is 0 Å². The van der Waals surface area contributed by atoms with Crippen molar-refractivity contribution in [2.75, 3.05) is 0 Å². The zero-order valence-corrected chi connectivity index (χ0v) is 14.2. The summed E-state index contributed by atoms with van der Waals surface area (Å²) in [5.41, 5.74) is 8.28. The number of fused-ring (bicyclic) bond motifs is 1. The van der Waals surface area contributed by atoms with E-state index in [1.807, 2.05) is 0 Å². The van der Waals surface area contributed by atoms with Crippen molar-refractivity contribution in [1.82, 2.24) is 0 Å². The number of benzene rings is 2. The molecule has 0 unspecified atom stereocenters. The average molecular weight is 304 g/mol. The van der Waals surface area contributed by atoms with E-state index in [9.17, 15) is 9.59 Å². The third-order valence-electron chi connectivity index (χ3n) is 5.25. The Morgan fingerprint density at radius 2 is 1.04 bits per heavy atom. The fourth-order valence-corrected chi connectivity index (χ4v) is 3.29. The summed E-state index contributed by atoms with van der Waals surface area (Å²) < 4.78 is 0. The summed E-state index contributed by atoms with van der Waals surface area (Å²) in [7, 11) is 0. The van der Waals surface area contributed by atoms with Crippen molar-refractivity contribution < 1.29 is 9.59 Å². The highest BCUT2D eigenvalue weighted by molar-refractivity contribution is 6.41. The molecule has 1 aliphatic carbocycles. The van der Waals surface area contributed by atoms with Crippen molar-refractivity contribution in [3.8, 4) is 0 Å². The molecule has 0 amide bonds. The monoisotopic (exact) mass is 304 g/mol. The summed E-state index contributed by atoms with van der Waals surface area (Å²) in [5, 5.41) is 0. The second-order valence-electron chi connectivity index (χ2n) is 6.30. The molecule has 23 heavy (non-hydrogen) atoms. The fourth-order valence-electron chi connectivity index (χ4n) is 3.29. The van der Waals surface area contributed by atoms with E-state index in [0.29, 0.717) is 11.1 Å². The van der Waals surface area contributed by atoms with E-state index in [1.54, 1.807) is 30.3 Å². The van der Waals surface area contributed by atoms with Gasteiger partial charge in [0.05, 0.1) is 5.57 Å². The second-order valence-corrected chi connectivity index (χ2v) is 6.30. The lowest BCUT2D eigenvalue weighted by molar-refractivity contribution is 0.0990. The highest BCUT2D eigenvalue weighted by Crippen LogP contribution is 2.32. The van der Waals surface area contributed by atoms with Crippen LogP contribution in [0.5, 0.6) is 0 Å². The third kappa shape index (κ3) is 2.17. The van der Waals surface area contributed by atoms with Gasteiger partial charge in [0.1, 0.15) is 0 Å². The molecule has 0 radical (unpaired) electrons. The standard InChI is InChI=1S/C21H20O2/c1-11-12(2)14(4)18(15(5)13(11)3)10-19-20(22)16-8-6-7-9-17(16)21(19)23/h6-10H,1-5H3. The summed E-state index contributed by atoms with van der Waals surface area (Å²) in [5.74, 6) is -0.333. The topological polar surface area (TPSA) is 34.1 Å². The highest BCUT2D eigenvalue weighted by Gasteiger charge is 2.32. The smallest absolute Gasteiger partial charge is 0.197 e. The molecule has 2 nitrogen and oxygen atoms in total. The molecule has 1 aliphatic rings. The summed E-state index contributed by atoms with van der Waals surface area (Å²) in [6, 6.07) is 7.04. The summed E-state index contributed by atoms with van der Waals surface area (Å²) in [6.07, 6.45) is 1.79. The van der Waals surface area contributed by atoms with E-state index in [4.69, 9.17) is 0 Å². The Bertz CT molecular complexity index is 832. The molecule has 116 valence electrons. The molecule has 0 atom stereocenters. The SMILES string of the molecule is Cc1c(C)c(C)c(C=C2C(=O)c3ccccc3C2=O)c(C)c1C. The Morgan fingerprint density at radius 1 is 0.652 bits per heavy atom. The Kier molecular flexibility index (Phi) is 3.56. The molecule has 2 heteroatoms.